The quantitative estimate of drug-likeness (QED) is 0.685. The van der Waals surface area contributed by atoms with Gasteiger partial charge in [-0.3, -0.25) is 4.79 Å². The van der Waals surface area contributed by atoms with Gasteiger partial charge >= 0.3 is 0 Å². The van der Waals surface area contributed by atoms with Gasteiger partial charge in [0.15, 0.2) is 0 Å². The molecule has 2 aliphatic heterocycles. The fourth-order valence-electron chi connectivity index (χ4n) is 2.83. The number of aliphatic hydroxyl groups is 1. The molecule has 3 rings (SSSR count). The maximum Gasteiger partial charge on any atom is 0.224 e. The molecule has 126 valence electrons. The van der Waals surface area contributed by atoms with Gasteiger partial charge in [-0.25, -0.2) is 4.98 Å². The third-order valence-electron chi connectivity index (χ3n) is 4.11. The summed E-state index contributed by atoms with van der Waals surface area (Å²) in [5.41, 5.74) is 0.955. The highest BCUT2D eigenvalue weighted by Gasteiger charge is 2.23. The van der Waals surface area contributed by atoms with Crippen LogP contribution in [0.25, 0.3) is 0 Å². The van der Waals surface area contributed by atoms with E-state index in [1.54, 1.807) is 0 Å². The van der Waals surface area contributed by atoms with Crippen molar-refractivity contribution in [1.82, 2.24) is 15.3 Å². The molecule has 3 N–H and O–H groups in total. The van der Waals surface area contributed by atoms with E-state index in [0.717, 1.165) is 31.1 Å². The number of carbonyl (C=O) groups is 1. The fraction of sp³-hybridized carbons (Fsp3) is 0.667. The number of aliphatic hydroxyl groups excluding tert-OH is 1. The van der Waals surface area contributed by atoms with Crippen LogP contribution in [-0.4, -0.2) is 67.0 Å². The number of anilines is 2. The van der Waals surface area contributed by atoms with Crippen LogP contribution in [0.3, 0.4) is 0 Å². The highest BCUT2D eigenvalue weighted by atomic mass is 16.5. The lowest BCUT2D eigenvalue weighted by Gasteiger charge is -2.22. The summed E-state index contributed by atoms with van der Waals surface area (Å²) in [6, 6.07) is 2.00. The number of hydrogen-bond donors (Lipinski definition) is 3. The number of aromatic nitrogens is 2. The molecule has 0 saturated carbocycles. The summed E-state index contributed by atoms with van der Waals surface area (Å²) >= 11 is 0. The first-order chi connectivity index (χ1) is 11.3. The topological polar surface area (TPSA) is 99.6 Å². The van der Waals surface area contributed by atoms with Gasteiger partial charge in [0.05, 0.1) is 18.9 Å². The fourth-order valence-corrected chi connectivity index (χ4v) is 2.83. The summed E-state index contributed by atoms with van der Waals surface area (Å²) in [5, 5.41) is 14.9. The number of carbonyl (C=O) groups excluding carboxylic acids is 1. The van der Waals surface area contributed by atoms with Crippen LogP contribution in [0.15, 0.2) is 6.07 Å². The maximum atomic E-state index is 11.5. The van der Waals surface area contributed by atoms with Crippen molar-refractivity contribution in [3.05, 3.63) is 11.8 Å². The molecule has 2 aliphatic rings. The molecule has 23 heavy (non-hydrogen) atoms. The van der Waals surface area contributed by atoms with Crippen LogP contribution in [0.4, 0.5) is 11.8 Å². The zero-order valence-electron chi connectivity index (χ0n) is 13.1. The third kappa shape index (κ3) is 4.08. The second-order valence-electron chi connectivity index (χ2n) is 5.77. The zero-order chi connectivity index (χ0) is 16.1. The van der Waals surface area contributed by atoms with Crippen molar-refractivity contribution >= 4 is 17.7 Å². The Balaban J connectivity index is 1.84. The van der Waals surface area contributed by atoms with Gasteiger partial charge in [-0.05, 0) is 6.42 Å². The standard InChI is InChI=1S/C15H23N5O3/c21-7-4-17-15-18-12(11-2-8-23-10-11)9-13(19-15)20-5-1-14(22)16-3-6-20/h9,11,21H,1-8,10H2,(H,16,22)(H,17,18,19)/t11-/m0/s1. The number of amides is 1. The largest absolute Gasteiger partial charge is 0.395 e. The molecule has 0 aromatic carbocycles. The van der Waals surface area contributed by atoms with E-state index in [1.165, 1.54) is 0 Å². The Morgan fingerprint density at radius 1 is 1.43 bits per heavy atom. The molecule has 0 radical (unpaired) electrons. The van der Waals surface area contributed by atoms with Gasteiger partial charge in [-0.1, -0.05) is 0 Å². The number of rotatable bonds is 5. The third-order valence-corrected chi connectivity index (χ3v) is 4.11. The Bertz CT molecular complexity index is 548. The van der Waals surface area contributed by atoms with Crippen molar-refractivity contribution < 1.29 is 14.6 Å². The van der Waals surface area contributed by atoms with Crippen molar-refractivity contribution in [2.75, 3.05) is 56.2 Å². The summed E-state index contributed by atoms with van der Waals surface area (Å²) in [6.45, 7) is 3.85. The van der Waals surface area contributed by atoms with Gasteiger partial charge < -0.3 is 25.4 Å². The van der Waals surface area contributed by atoms with Crippen LogP contribution in [0, 0.1) is 0 Å². The van der Waals surface area contributed by atoms with Crippen LogP contribution in [-0.2, 0) is 9.53 Å². The minimum atomic E-state index is 0.0254. The summed E-state index contributed by atoms with van der Waals surface area (Å²) < 4.78 is 5.46. The molecular formula is C15H23N5O3. The van der Waals surface area contributed by atoms with Crippen molar-refractivity contribution in [3.8, 4) is 0 Å². The van der Waals surface area contributed by atoms with Gasteiger partial charge in [0.25, 0.3) is 0 Å². The summed E-state index contributed by atoms with van der Waals surface area (Å²) in [7, 11) is 0. The van der Waals surface area contributed by atoms with E-state index < -0.39 is 0 Å². The molecule has 0 spiro atoms. The van der Waals surface area contributed by atoms with E-state index >= 15 is 0 Å². The monoisotopic (exact) mass is 321 g/mol. The van der Waals surface area contributed by atoms with Gasteiger partial charge in [-0.15, -0.1) is 0 Å². The lowest BCUT2D eigenvalue weighted by atomic mass is 10.0. The Labute approximate surface area is 135 Å². The predicted octanol–water partition coefficient (Wildman–Crippen LogP) is -0.289. The average Bonchev–Trinajstić information content (AvgIpc) is 3.02. The Hall–Kier alpha value is -1.93. The van der Waals surface area contributed by atoms with Gasteiger partial charge in [-0.2, -0.15) is 4.98 Å². The second-order valence-corrected chi connectivity index (χ2v) is 5.77. The molecule has 1 atom stereocenters. The zero-order valence-corrected chi connectivity index (χ0v) is 13.1. The molecule has 1 aromatic heterocycles. The molecule has 0 aliphatic carbocycles. The first kappa shape index (κ1) is 15.9. The van der Waals surface area contributed by atoms with Crippen LogP contribution >= 0.6 is 0 Å². The Morgan fingerprint density at radius 3 is 3.13 bits per heavy atom. The number of nitrogens with zero attached hydrogens (tertiary/aromatic N) is 3. The van der Waals surface area contributed by atoms with Crippen LogP contribution in [0.5, 0.6) is 0 Å². The van der Waals surface area contributed by atoms with Crippen molar-refractivity contribution in [3.63, 3.8) is 0 Å². The first-order valence-electron chi connectivity index (χ1n) is 8.09. The summed E-state index contributed by atoms with van der Waals surface area (Å²) in [5.74, 6) is 1.68. The number of hydrogen-bond acceptors (Lipinski definition) is 7. The Morgan fingerprint density at radius 2 is 2.35 bits per heavy atom. The lowest BCUT2D eigenvalue weighted by molar-refractivity contribution is -0.120. The van der Waals surface area contributed by atoms with E-state index in [-0.39, 0.29) is 18.4 Å². The maximum absolute atomic E-state index is 11.5. The number of ether oxygens (including phenoxy) is 1. The SMILES string of the molecule is O=C1CCN(c2cc([C@H]3CCOC3)nc(NCCO)n2)CCN1. The molecule has 0 unspecified atom stereocenters. The van der Waals surface area contributed by atoms with Crippen molar-refractivity contribution in [2.24, 2.45) is 0 Å². The minimum absolute atomic E-state index is 0.0254. The smallest absolute Gasteiger partial charge is 0.224 e. The second kappa shape index (κ2) is 7.56. The number of nitrogens with one attached hydrogen (secondary N) is 2. The van der Waals surface area contributed by atoms with Crippen LogP contribution < -0.4 is 15.5 Å². The molecule has 8 heteroatoms. The van der Waals surface area contributed by atoms with Crippen molar-refractivity contribution in [2.45, 2.75) is 18.8 Å². The predicted molar refractivity (Wildman–Crippen MR) is 85.6 cm³/mol. The van der Waals surface area contributed by atoms with E-state index in [4.69, 9.17) is 9.84 Å². The summed E-state index contributed by atoms with van der Waals surface area (Å²) in [6.07, 6.45) is 1.42. The van der Waals surface area contributed by atoms with E-state index in [0.29, 0.717) is 38.6 Å². The average molecular weight is 321 g/mol. The van der Waals surface area contributed by atoms with Crippen molar-refractivity contribution in [1.29, 1.82) is 0 Å². The van der Waals surface area contributed by atoms with Crippen LogP contribution in [0.1, 0.15) is 24.5 Å². The van der Waals surface area contributed by atoms with Gasteiger partial charge in [0, 0.05) is 51.2 Å². The highest BCUT2D eigenvalue weighted by molar-refractivity contribution is 5.77. The van der Waals surface area contributed by atoms with E-state index in [1.807, 2.05) is 6.07 Å². The van der Waals surface area contributed by atoms with E-state index in [2.05, 4.69) is 25.5 Å². The molecule has 1 aromatic rings. The molecular weight excluding hydrogens is 298 g/mol. The van der Waals surface area contributed by atoms with Gasteiger partial charge in [0.2, 0.25) is 11.9 Å². The molecule has 8 nitrogen and oxygen atoms in total. The van der Waals surface area contributed by atoms with Crippen LogP contribution in [0.2, 0.25) is 0 Å². The van der Waals surface area contributed by atoms with E-state index in [9.17, 15) is 4.79 Å². The molecule has 0 bridgehead atoms. The first-order valence-corrected chi connectivity index (χ1v) is 8.09. The minimum Gasteiger partial charge on any atom is -0.395 e. The lowest BCUT2D eigenvalue weighted by Crippen LogP contribution is -2.29. The Kier molecular flexibility index (Phi) is 5.24. The molecule has 1 amide bonds. The normalized spacial score (nSPS) is 21.9. The molecule has 3 heterocycles. The molecule has 2 saturated heterocycles. The molecule has 2 fully saturated rings. The van der Waals surface area contributed by atoms with Gasteiger partial charge in [0.1, 0.15) is 5.82 Å². The summed E-state index contributed by atoms with van der Waals surface area (Å²) in [4.78, 5) is 22.7. The highest BCUT2D eigenvalue weighted by Crippen LogP contribution is 2.27.